The predicted octanol–water partition coefficient (Wildman–Crippen LogP) is 1.82. The van der Waals surface area contributed by atoms with E-state index in [2.05, 4.69) is 10.3 Å². The molecule has 114 valence electrons. The van der Waals surface area contributed by atoms with Gasteiger partial charge in [0.25, 0.3) is 0 Å². The van der Waals surface area contributed by atoms with Crippen molar-refractivity contribution in [2.75, 3.05) is 18.4 Å². The number of carbonyl (C=O) groups excluding carboxylic acids is 2. The number of nitrogens with one attached hydrogen (secondary N) is 1. The first-order valence-electron chi connectivity index (χ1n) is 6.46. The van der Waals surface area contributed by atoms with Gasteiger partial charge in [-0.1, -0.05) is 6.07 Å². The molecule has 1 N–H and O–H groups in total. The third-order valence-electron chi connectivity index (χ3n) is 3.31. The molecule has 0 aliphatic carbocycles. The molecule has 0 spiro atoms. The molecule has 1 aliphatic heterocycles. The number of pyridine rings is 1. The van der Waals surface area contributed by atoms with E-state index in [1.54, 1.807) is 18.2 Å². The molecule has 1 aliphatic rings. The van der Waals surface area contributed by atoms with Gasteiger partial charge >= 0.3 is 12.1 Å². The van der Waals surface area contributed by atoms with E-state index < -0.39 is 18.0 Å². The highest BCUT2D eigenvalue weighted by Crippen LogP contribution is 2.24. The quantitative estimate of drug-likeness (QED) is 0.906. The number of carbonyl (C=O) groups is 2. The Morgan fingerprint density at radius 1 is 1.24 bits per heavy atom. The Morgan fingerprint density at radius 2 is 1.90 bits per heavy atom. The summed E-state index contributed by atoms with van der Waals surface area (Å²) < 4.78 is 36.9. The van der Waals surface area contributed by atoms with Crippen LogP contribution in [0.3, 0.4) is 0 Å². The molecule has 0 radical (unpaired) electrons. The van der Waals surface area contributed by atoms with Crippen LogP contribution in [0.25, 0.3) is 0 Å². The molecule has 0 unspecified atom stereocenters. The Hall–Kier alpha value is -2.12. The maximum atomic E-state index is 12.3. The van der Waals surface area contributed by atoms with Crippen LogP contribution in [0.2, 0.25) is 0 Å². The van der Waals surface area contributed by atoms with Crippen LogP contribution in [0.1, 0.15) is 12.8 Å². The standard InChI is InChI=1S/C13H14F3N3O2/c14-13(15,16)12(21)19-7-4-9(5-8-19)11(20)18-10-3-1-2-6-17-10/h1-3,6,9H,4-5,7-8H2,(H,17,18,20). The summed E-state index contributed by atoms with van der Waals surface area (Å²) in [6.07, 6.45) is -2.91. The molecule has 0 aromatic carbocycles. The van der Waals surface area contributed by atoms with Crippen LogP contribution in [0.15, 0.2) is 24.4 Å². The lowest BCUT2D eigenvalue weighted by Crippen LogP contribution is -2.46. The summed E-state index contributed by atoms with van der Waals surface area (Å²) in [6, 6.07) is 5.05. The number of hydrogen-bond acceptors (Lipinski definition) is 3. The third kappa shape index (κ3) is 3.93. The van der Waals surface area contributed by atoms with Crippen LogP contribution < -0.4 is 5.32 Å². The van der Waals surface area contributed by atoms with Crippen LogP contribution in [-0.2, 0) is 9.59 Å². The van der Waals surface area contributed by atoms with Gasteiger partial charge in [0.1, 0.15) is 5.82 Å². The first kappa shape index (κ1) is 15.3. The molecule has 1 aromatic rings. The van der Waals surface area contributed by atoms with E-state index in [9.17, 15) is 22.8 Å². The maximum Gasteiger partial charge on any atom is 0.471 e. The second-order valence-electron chi connectivity index (χ2n) is 4.77. The van der Waals surface area contributed by atoms with Crippen molar-refractivity contribution in [3.8, 4) is 0 Å². The number of rotatable bonds is 2. The minimum atomic E-state index is -4.86. The van der Waals surface area contributed by atoms with E-state index in [-0.39, 0.29) is 31.8 Å². The Labute approximate surface area is 119 Å². The number of amides is 2. The molecule has 2 amide bonds. The van der Waals surface area contributed by atoms with E-state index >= 15 is 0 Å². The van der Waals surface area contributed by atoms with Crippen LogP contribution in [-0.4, -0.2) is 41.0 Å². The molecular weight excluding hydrogens is 287 g/mol. The third-order valence-corrected chi connectivity index (χ3v) is 3.31. The topological polar surface area (TPSA) is 62.3 Å². The number of halogens is 3. The van der Waals surface area contributed by atoms with Gasteiger partial charge in [0.2, 0.25) is 5.91 Å². The molecule has 2 rings (SSSR count). The first-order chi connectivity index (χ1) is 9.88. The second-order valence-corrected chi connectivity index (χ2v) is 4.77. The molecular formula is C13H14F3N3O2. The molecule has 21 heavy (non-hydrogen) atoms. The van der Waals surface area contributed by atoms with Gasteiger partial charge in [0.15, 0.2) is 0 Å². The zero-order chi connectivity index (χ0) is 15.5. The van der Waals surface area contributed by atoms with E-state index in [1.165, 1.54) is 6.20 Å². The average Bonchev–Trinajstić information content (AvgIpc) is 2.46. The van der Waals surface area contributed by atoms with Crippen molar-refractivity contribution in [2.24, 2.45) is 5.92 Å². The molecule has 1 aromatic heterocycles. The normalized spacial score (nSPS) is 16.6. The SMILES string of the molecule is O=C(Nc1ccccn1)C1CCN(C(=O)C(F)(F)F)CC1. The number of aromatic nitrogens is 1. The van der Waals surface area contributed by atoms with Crippen molar-refractivity contribution >= 4 is 17.6 Å². The fourth-order valence-electron chi connectivity index (χ4n) is 2.19. The highest BCUT2D eigenvalue weighted by molar-refractivity contribution is 5.92. The van der Waals surface area contributed by atoms with Crippen LogP contribution in [0, 0.1) is 5.92 Å². The van der Waals surface area contributed by atoms with E-state index in [0.717, 1.165) is 4.90 Å². The second kappa shape index (κ2) is 6.11. The molecule has 2 heterocycles. The predicted molar refractivity (Wildman–Crippen MR) is 68.2 cm³/mol. The molecule has 1 fully saturated rings. The van der Waals surface area contributed by atoms with Gasteiger partial charge in [0.05, 0.1) is 0 Å². The molecule has 8 heteroatoms. The average molecular weight is 301 g/mol. The maximum absolute atomic E-state index is 12.3. The molecule has 0 saturated carbocycles. The van der Waals surface area contributed by atoms with E-state index in [4.69, 9.17) is 0 Å². The fourth-order valence-corrected chi connectivity index (χ4v) is 2.19. The van der Waals surface area contributed by atoms with Crippen molar-refractivity contribution in [3.63, 3.8) is 0 Å². The summed E-state index contributed by atoms with van der Waals surface area (Å²) in [4.78, 5) is 27.7. The smallest absolute Gasteiger partial charge is 0.335 e. The summed E-state index contributed by atoms with van der Waals surface area (Å²) in [6.45, 7) is -0.142. The molecule has 0 bridgehead atoms. The lowest BCUT2D eigenvalue weighted by molar-refractivity contribution is -0.186. The zero-order valence-electron chi connectivity index (χ0n) is 11.1. The Kier molecular flexibility index (Phi) is 4.44. The van der Waals surface area contributed by atoms with Gasteiger partial charge in [-0.15, -0.1) is 0 Å². The van der Waals surface area contributed by atoms with Crippen LogP contribution in [0.5, 0.6) is 0 Å². The van der Waals surface area contributed by atoms with Crippen molar-refractivity contribution in [1.82, 2.24) is 9.88 Å². The summed E-state index contributed by atoms with van der Waals surface area (Å²) in [5, 5.41) is 2.61. The van der Waals surface area contributed by atoms with Gasteiger partial charge in [-0.05, 0) is 25.0 Å². The minimum Gasteiger partial charge on any atom is -0.335 e. The number of piperidine rings is 1. The van der Waals surface area contributed by atoms with E-state index in [1.807, 2.05) is 0 Å². The Balaban J connectivity index is 1.86. The minimum absolute atomic E-state index is 0.0708. The highest BCUT2D eigenvalue weighted by Gasteiger charge is 2.43. The van der Waals surface area contributed by atoms with Crippen molar-refractivity contribution in [2.45, 2.75) is 19.0 Å². The Bertz CT molecular complexity index is 511. The van der Waals surface area contributed by atoms with Crippen molar-refractivity contribution < 1.29 is 22.8 Å². The van der Waals surface area contributed by atoms with Crippen molar-refractivity contribution in [1.29, 1.82) is 0 Å². The Morgan fingerprint density at radius 3 is 2.43 bits per heavy atom. The van der Waals surface area contributed by atoms with Crippen molar-refractivity contribution in [3.05, 3.63) is 24.4 Å². The van der Waals surface area contributed by atoms with Crippen LogP contribution in [0.4, 0.5) is 19.0 Å². The lowest BCUT2D eigenvalue weighted by Gasteiger charge is -2.31. The van der Waals surface area contributed by atoms with Crippen LogP contribution >= 0.6 is 0 Å². The van der Waals surface area contributed by atoms with Gasteiger partial charge < -0.3 is 10.2 Å². The number of likely N-dealkylation sites (tertiary alicyclic amines) is 1. The lowest BCUT2D eigenvalue weighted by atomic mass is 9.96. The molecule has 0 atom stereocenters. The summed E-state index contributed by atoms with van der Waals surface area (Å²) in [5.74, 6) is -2.14. The fraction of sp³-hybridized carbons (Fsp3) is 0.462. The van der Waals surface area contributed by atoms with Gasteiger partial charge in [-0.3, -0.25) is 9.59 Å². The number of hydrogen-bond donors (Lipinski definition) is 1. The monoisotopic (exact) mass is 301 g/mol. The number of anilines is 1. The summed E-state index contributed by atoms with van der Waals surface area (Å²) >= 11 is 0. The van der Waals surface area contributed by atoms with Gasteiger partial charge in [0, 0.05) is 25.2 Å². The largest absolute Gasteiger partial charge is 0.471 e. The summed E-state index contributed by atoms with van der Waals surface area (Å²) in [5.41, 5.74) is 0. The van der Waals surface area contributed by atoms with Gasteiger partial charge in [-0.2, -0.15) is 13.2 Å². The first-order valence-corrected chi connectivity index (χ1v) is 6.46. The zero-order valence-corrected chi connectivity index (χ0v) is 11.1. The highest BCUT2D eigenvalue weighted by atomic mass is 19.4. The number of nitrogens with zero attached hydrogens (tertiary/aromatic N) is 2. The number of alkyl halides is 3. The summed E-state index contributed by atoms with van der Waals surface area (Å²) in [7, 11) is 0. The molecule has 1 saturated heterocycles. The van der Waals surface area contributed by atoms with E-state index in [0.29, 0.717) is 5.82 Å². The molecule has 5 nitrogen and oxygen atoms in total. The van der Waals surface area contributed by atoms with Gasteiger partial charge in [-0.25, -0.2) is 4.98 Å².